The molecule has 72 valence electrons. The minimum absolute atomic E-state index is 0.138. The second-order valence-corrected chi connectivity index (χ2v) is 3.54. The van der Waals surface area contributed by atoms with Crippen molar-refractivity contribution in [1.29, 1.82) is 0 Å². The largest absolute Gasteiger partial charge is 0.330 e. The Balaban J connectivity index is 3.25. The van der Waals surface area contributed by atoms with Crippen LogP contribution < -0.4 is 5.73 Å². The molecule has 0 spiro atoms. The average Bonchev–Trinajstić information content (AvgIpc) is 2.12. The SMILES string of the molecule is Cc1ccc(F)c(C)c1C(C)CN. The van der Waals surface area contributed by atoms with Crippen molar-refractivity contribution in [3.8, 4) is 0 Å². The molecule has 13 heavy (non-hydrogen) atoms. The molecule has 1 rings (SSSR count). The molecule has 0 aliphatic carbocycles. The summed E-state index contributed by atoms with van der Waals surface area (Å²) in [7, 11) is 0. The van der Waals surface area contributed by atoms with Crippen molar-refractivity contribution in [2.24, 2.45) is 5.73 Å². The van der Waals surface area contributed by atoms with E-state index in [1.54, 1.807) is 0 Å². The Bertz CT molecular complexity index is 307. The normalized spacial score (nSPS) is 13.0. The molecule has 1 aromatic rings. The molecule has 1 atom stereocenters. The molecule has 1 aromatic carbocycles. The maximum Gasteiger partial charge on any atom is 0.126 e. The van der Waals surface area contributed by atoms with Gasteiger partial charge in [0.15, 0.2) is 0 Å². The van der Waals surface area contributed by atoms with E-state index in [1.165, 1.54) is 6.07 Å². The van der Waals surface area contributed by atoms with Gasteiger partial charge in [0.25, 0.3) is 0 Å². The molecule has 0 aromatic heterocycles. The Morgan fingerprint density at radius 2 is 2.00 bits per heavy atom. The summed E-state index contributed by atoms with van der Waals surface area (Å²) in [5.41, 5.74) is 8.48. The van der Waals surface area contributed by atoms with E-state index in [1.807, 2.05) is 26.8 Å². The predicted octanol–water partition coefficient (Wildman–Crippen LogP) is 2.50. The smallest absolute Gasteiger partial charge is 0.126 e. The van der Waals surface area contributed by atoms with E-state index in [0.717, 1.165) is 16.7 Å². The first kappa shape index (κ1) is 10.2. The maximum absolute atomic E-state index is 13.2. The lowest BCUT2D eigenvalue weighted by Crippen LogP contribution is -2.12. The van der Waals surface area contributed by atoms with Crippen molar-refractivity contribution in [3.05, 3.63) is 34.6 Å². The summed E-state index contributed by atoms with van der Waals surface area (Å²) in [5.74, 6) is 0.0941. The number of nitrogens with two attached hydrogens (primary N) is 1. The third-order valence-corrected chi connectivity index (χ3v) is 2.51. The van der Waals surface area contributed by atoms with E-state index in [0.29, 0.717) is 6.54 Å². The lowest BCUT2D eigenvalue weighted by Gasteiger charge is -2.15. The first-order chi connectivity index (χ1) is 6.07. The fraction of sp³-hybridized carbons (Fsp3) is 0.455. The van der Waals surface area contributed by atoms with Crippen molar-refractivity contribution in [2.75, 3.05) is 6.54 Å². The monoisotopic (exact) mass is 181 g/mol. The van der Waals surface area contributed by atoms with Crippen LogP contribution in [0.4, 0.5) is 4.39 Å². The van der Waals surface area contributed by atoms with Gasteiger partial charge in [-0.15, -0.1) is 0 Å². The highest BCUT2D eigenvalue weighted by Gasteiger charge is 2.12. The van der Waals surface area contributed by atoms with E-state index in [4.69, 9.17) is 5.73 Å². The maximum atomic E-state index is 13.2. The van der Waals surface area contributed by atoms with Gasteiger partial charge in [0.05, 0.1) is 0 Å². The van der Waals surface area contributed by atoms with Gasteiger partial charge in [0.2, 0.25) is 0 Å². The fourth-order valence-corrected chi connectivity index (χ4v) is 1.71. The van der Waals surface area contributed by atoms with Gasteiger partial charge in [-0.05, 0) is 49.1 Å². The molecule has 1 unspecified atom stereocenters. The molecular formula is C11H16FN. The van der Waals surface area contributed by atoms with Crippen molar-refractivity contribution in [3.63, 3.8) is 0 Å². The number of benzene rings is 1. The molecule has 1 nitrogen and oxygen atoms in total. The minimum Gasteiger partial charge on any atom is -0.330 e. The van der Waals surface area contributed by atoms with Gasteiger partial charge < -0.3 is 5.73 Å². The van der Waals surface area contributed by atoms with E-state index in [2.05, 4.69) is 0 Å². The summed E-state index contributed by atoms with van der Waals surface area (Å²) in [5, 5.41) is 0. The predicted molar refractivity (Wildman–Crippen MR) is 53.3 cm³/mol. The Hall–Kier alpha value is -0.890. The summed E-state index contributed by atoms with van der Waals surface area (Å²) >= 11 is 0. The van der Waals surface area contributed by atoms with Crippen molar-refractivity contribution in [2.45, 2.75) is 26.7 Å². The topological polar surface area (TPSA) is 26.0 Å². The zero-order valence-corrected chi connectivity index (χ0v) is 8.39. The fourth-order valence-electron chi connectivity index (χ4n) is 1.71. The van der Waals surface area contributed by atoms with E-state index in [9.17, 15) is 4.39 Å². The van der Waals surface area contributed by atoms with Gasteiger partial charge in [-0.2, -0.15) is 0 Å². The second-order valence-electron chi connectivity index (χ2n) is 3.54. The first-order valence-corrected chi connectivity index (χ1v) is 4.53. The van der Waals surface area contributed by atoms with Crippen LogP contribution in [0, 0.1) is 19.7 Å². The highest BCUT2D eigenvalue weighted by molar-refractivity contribution is 5.37. The number of halogens is 1. The zero-order valence-electron chi connectivity index (χ0n) is 8.39. The lowest BCUT2D eigenvalue weighted by atomic mass is 9.92. The molecule has 0 radical (unpaired) electrons. The van der Waals surface area contributed by atoms with E-state index in [-0.39, 0.29) is 11.7 Å². The molecule has 0 bridgehead atoms. The molecule has 0 heterocycles. The highest BCUT2D eigenvalue weighted by Crippen LogP contribution is 2.24. The van der Waals surface area contributed by atoms with Crippen molar-refractivity contribution < 1.29 is 4.39 Å². The summed E-state index contributed by atoms with van der Waals surface area (Å²) in [4.78, 5) is 0. The number of hydrogen-bond donors (Lipinski definition) is 1. The number of rotatable bonds is 2. The molecule has 0 aliphatic heterocycles. The molecule has 0 saturated carbocycles. The van der Waals surface area contributed by atoms with Gasteiger partial charge in [-0.3, -0.25) is 0 Å². The van der Waals surface area contributed by atoms with Crippen LogP contribution in [0.1, 0.15) is 29.5 Å². The number of hydrogen-bond acceptors (Lipinski definition) is 1. The Morgan fingerprint density at radius 1 is 1.38 bits per heavy atom. The molecule has 0 saturated heterocycles. The Morgan fingerprint density at radius 3 is 2.54 bits per heavy atom. The summed E-state index contributed by atoms with van der Waals surface area (Å²) in [6.07, 6.45) is 0. The van der Waals surface area contributed by atoms with Crippen LogP contribution in [0.25, 0.3) is 0 Å². The van der Waals surface area contributed by atoms with Crippen LogP contribution in [0.3, 0.4) is 0 Å². The lowest BCUT2D eigenvalue weighted by molar-refractivity contribution is 0.609. The van der Waals surface area contributed by atoms with E-state index < -0.39 is 0 Å². The standard InChI is InChI=1S/C11H16FN/c1-7-4-5-10(12)9(3)11(7)8(2)6-13/h4-5,8H,6,13H2,1-3H3. The van der Waals surface area contributed by atoms with Gasteiger partial charge in [0.1, 0.15) is 5.82 Å². The van der Waals surface area contributed by atoms with Crippen LogP contribution in [-0.4, -0.2) is 6.54 Å². The van der Waals surface area contributed by atoms with Crippen molar-refractivity contribution in [1.82, 2.24) is 0 Å². The molecule has 0 aliphatic rings. The van der Waals surface area contributed by atoms with Gasteiger partial charge in [-0.1, -0.05) is 13.0 Å². The van der Waals surface area contributed by atoms with Crippen LogP contribution >= 0.6 is 0 Å². The second kappa shape index (κ2) is 3.88. The van der Waals surface area contributed by atoms with Crippen LogP contribution in [0.2, 0.25) is 0 Å². The van der Waals surface area contributed by atoms with Gasteiger partial charge >= 0.3 is 0 Å². The third kappa shape index (κ3) is 1.89. The minimum atomic E-state index is -0.138. The average molecular weight is 181 g/mol. The zero-order chi connectivity index (χ0) is 10.0. The van der Waals surface area contributed by atoms with Gasteiger partial charge in [-0.25, -0.2) is 4.39 Å². The van der Waals surface area contributed by atoms with Crippen LogP contribution in [0.5, 0.6) is 0 Å². The van der Waals surface area contributed by atoms with Crippen molar-refractivity contribution >= 4 is 0 Å². The van der Waals surface area contributed by atoms with E-state index >= 15 is 0 Å². The third-order valence-electron chi connectivity index (χ3n) is 2.51. The molecule has 2 heteroatoms. The number of aryl methyl sites for hydroxylation is 1. The molecule has 0 amide bonds. The highest BCUT2D eigenvalue weighted by atomic mass is 19.1. The van der Waals surface area contributed by atoms with Gasteiger partial charge in [0, 0.05) is 0 Å². The summed E-state index contributed by atoms with van der Waals surface area (Å²) in [6.45, 7) is 6.39. The molecule has 0 fully saturated rings. The molecular weight excluding hydrogens is 165 g/mol. The quantitative estimate of drug-likeness (QED) is 0.745. The Kier molecular flexibility index (Phi) is 3.04. The summed E-state index contributed by atoms with van der Waals surface area (Å²) in [6, 6.07) is 3.32. The first-order valence-electron chi connectivity index (χ1n) is 4.53. The van der Waals surface area contributed by atoms with Crippen LogP contribution in [-0.2, 0) is 0 Å². The summed E-state index contributed by atoms with van der Waals surface area (Å²) < 4.78 is 13.2. The van der Waals surface area contributed by atoms with Crippen LogP contribution in [0.15, 0.2) is 12.1 Å². The Labute approximate surface area is 78.8 Å². The molecule has 2 N–H and O–H groups in total.